The summed E-state index contributed by atoms with van der Waals surface area (Å²) in [6.45, 7) is 8.95. The van der Waals surface area contributed by atoms with E-state index in [0.717, 1.165) is 13.2 Å². The van der Waals surface area contributed by atoms with Gasteiger partial charge in [0.15, 0.2) is 0 Å². The molecule has 0 saturated carbocycles. The Kier molecular flexibility index (Phi) is 3.31. The van der Waals surface area contributed by atoms with Gasteiger partial charge in [-0.3, -0.25) is 0 Å². The molecule has 0 aromatic heterocycles. The molecular weight excluding hydrogens is 200 g/mol. The molecule has 1 heterocycles. The maximum Gasteiger partial charge on any atom is 0.104 e. The fourth-order valence-corrected chi connectivity index (χ4v) is 1.57. The van der Waals surface area contributed by atoms with E-state index in [1.54, 1.807) is 0 Å². The van der Waals surface area contributed by atoms with Crippen LogP contribution in [0.25, 0.3) is 0 Å². The van der Waals surface area contributed by atoms with Gasteiger partial charge in [0.1, 0.15) is 6.10 Å². The van der Waals surface area contributed by atoms with E-state index in [1.807, 2.05) is 0 Å². The third-order valence-corrected chi connectivity index (χ3v) is 2.79. The third kappa shape index (κ3) is 3.32. The van der Waals surface area contributed by atoms with Gasteiger partial charge in [-0.1, -0.05) is 45.0 Å². The number of epoxide rings is 1. The minimum Gasteiger partial charge on any atom is -0.374 e. The van der Waals surface area contributed by atoms with E-state index in [2.05, 4.69) is 45.0 Å². The molecule has 1 aliphatic heterocycles. The maximum atomic E-state index is 5.54. The average Bonchev–Trinajstić information content (AvgIpc) is 3.01. The van der Waals surface area contributed by atoms with Gasteiger partial charge in [0.05, 0.1) is 19.8 Å². The summed E-state index contributed by atoms with van der Waals surface area (Å²) in [6.07, 6.45) is 0.355. The first kappa shape index (κ1) is 11.6. The van der Waals surface area contributed by atoms with Crippen molar-refractivity contribution in [2.24, 2.45) is 0 Å². The monoisotopic (exact) mass is 220 g/mol. The van der Waals surface area contributed by atoms with Gasteiger partial charge in [-0.25, -0.2) is 0 Å². The number of ether oxygens (including phenoxy) is 2. The fraction of sp³-hybridized carbons (Fsp3) is 0.571. The van der Waals surface area contributed by atoms with Crippen molar-refractivity contribution >= 4 is 0 Å². The van der Waals surface area contributed by atoms with E-state index in [1.165, 1.54) is 11.1 Å². The van der Waals surface area contributed by atoms with Crippen LogP contribution in [0, 0.1) is 0 Å². The SMILES string of the molecule is CC(C)(C)c1ccc(COCC2CO2)cc1. The van der Waals surface area contributed by atoms with Crippen LogP contribution >= 0.6 is 0 Å². The van der Waals surface area contributed by atoms with E-state index in [9.17, 15) is 0 Å². The maximum absolute atomic E-state index is 5.54. The molecule has 0 bridgehead atoms. The van der Waals surface area contributed by atoms with Gasteiger partial charge in [0.2, 0.25) is 0 Å². The Balaban J connectivity index is 1.85. The summed E-state index contributed by atoms with van der Waals surface area (Å²) in [5.41, 5.74) is 2.82. The van der Waals surface area contributed by atoms with E-state index >= 15 is 0 Å². The van der Waals surface area contributed by atoms with Crippen molar-refractivity contribution in [3.8, 4) is 0 Å². The molecule has 88 valence electrons. The van der Waals surface area contributed by atoms with E-state index in [-0.39, 0.29) is 5.41 Å². The normalized spacial score (nSPS) is 19.8. The van der Waals surface area contributed by atoms with Crippen LogP contribution in [0.4, 0.5) is 0 Å². The number of hydrogen-bond donors (Lipinski definition) is 0. The van der Waals surface area contributed by atoms with Crippen molar-refractivity contribution in [3.05, 3.63) is 35.4 Å². The minimum absolute atomic E-state index is 0.223. The second-order valence-electron chi connectivity index (χ2n) is 5.42. The number of hydrogen-bond acceptors (Lipinski definition) is 2. The molecule has 1 unspecified atom stereocenters. The highest BCUT2D eigenvalue weighted by molar-refractivity contribution is 5.27. The van der Waals surface area contributed by atoms with Crippen molar-refractivity contribution < 1.29 is 9.47 Å². The summed E-state index contributed by atoms with van der Waals surface area (Å²) < 4.78 is 10.6. The van der Waals surface area contributed by atoms with Gasteiger partial charge in [-0.15, -0.1) is 0 Å². The third-order valence-electron chi connectivity index (χ3n) is 2.79. The predicted octanol–water partition coefficient (Wildman–Crippen LogP) is 2.90. The lowest BCUT2D eigenvalue weighted by molar-refractivity contribution is 0.104. The minimum atomic E-state index is 0.223. The number of rotatable bonds is 4. The highest BCUT2D eigenvalue weighted by atomic mass is 16.6. The average molecular weight is 220 g/mol. The lowest BCUT2D eigenvalue weighted by Gasteiger charge is -2.19. The summed E-state index contributed by atoms with van der Waals surface area (Å²) in [6, 6.07) is 8.67. The van der Waals surface area contributed by atoms with Gasteiger partial charge in [-0.2, -0.15) is 0 Å². The van der Waals surface area contributed by atoms with Crippen LogP contribution in [0.15, 0.2) is 24.3 Å². The Morgan fingerprint density at radius 3 is 2.38 bits per heavy atom. The zero-order valence-corrected chi connectivity index (χ0v) is 10.3. The molecule has 2 heteroatoms. The molecule has 0 spiro atoms. The molecule has 0 amide bonds. The van der Waals surface area contributed by atoms with E-state index in [4.69, 9.17) is 9.47 Å². The van der Waals surface area contributed by atoms with Crippen molar-refractivity contribution in [2.45, 2.75) is 38.9 Å². The Bertz CT molecular complexity index is 331. The molecule has 1 fully saturated rings. The van der Waals surface area contributed by atoms with Gasteiger partial charge < -0.3 is 9.47 Å². The van der Waals surface area contributed by atoms with E-state index in [0.29, 0.717) is 12.7 Å². The van der Waals surface area contributed by atoms with Crippen LogP contribution in [-0.4, -0.2) is 19.3 Å². The molecule has 2 rings (SSSR count). The largest absolute Gasteiger partial charge is 0.374 e. The molecule has 1 saturated heterocycles. The van der Waals surface area contributed by atoms with Gasteiger partial charge in [0.25, 0.3) is 0 Å². The van der Waals surface area contributed by atoms with Crippen LogP contribution in [0.5, 0.6) is 0 Å². The Morgan fingerprint density at radius 2 is 1.88 bits per heavy atom. The first-order valence-electron chi connectivity index (χ1n) is 5.84. The second-order valence-corrected chi connectivity index (χ2v) is 5.42. The summed E-state index contributed by atoms with van der Waals surface area (Å²) in [7, 11) is 0. The molecule has 0 radical (unpaired) electrons. The van der Waals surface area contributed by atoms with Crippen LogP contribution in [0.1, 0.15) is 31.9 Å². The van der Waals surface area contributed by atoms with Crippen LogP contribution in [-0.2, 0) is 21.5 Å². The quantitative estimate of drug-likeness (QED) is 0.728. The molecule has 0 aliphatic carbocycles. The molecule has 1 atom stereocenters. The van der Waals surface area contributed by atoms with Gasteiger partial charge >= 0.3 is 0 Å². The number of benzene rings is 1. The van der Waals surface area contributed by atoms with Crippen molar-refractivity contribution in [2.75, 3.05) is 13.2 Å². The Labute approximate surface area is 97.6 Å². The van der Waals surface area contributed by atoms with Crippen molar-refractivity contribution in [3.63, 3.8) is 0 Å². The highest BCUT2D eigenvalue weighted by Crippen LogP contribution is 2.22. The first-order chi connectivity index (χ1) is 7.55. The van der Waals surface area contributed by atoms with Gasteiger partial charge in [-0.05, 0) is 16.5 Å². The van der Waals surface area contributed by atoms with Gasteiger partial charge in [0, 0.05) is 0 Å². The molecule has 2 nitrogen and oxygen atoms in total. The summed E-state index contributed by atoms with van der Waals surface area (Å²) in [5, 5.41) is 0. The van der Waals surface area contributed by atoms with Crippen LogP contribution < -0.4 is 0 Å². The highest BCUT2D eigenvalue weighted by Gasteiger charge is 2.22. The lowest BCUT2D eigenvalue weighted by atomic mass is 9.87. The smallest absolute Gasteiger partial charge is 0.104 e. The molecule has 1 aromatic carbocycles. The van der Waals surface area contributed by atoms with Crippen molar-refractivity contribution in [1.82, 2.24) is 0 Å². The fourth-order valence-electron chi connectivity index (χ4n) is 1.57. The molecule has 16 heavy (non-hydrogen) atoms. The predicted molar refractivity (Wildman–Crippen MR) is 64.5 cm³/mol. The molecule has 0 N–H and O–H groups in total. The standard InChI is InChI=1S/C14H20O2/c1-14(2,3)12-6-4-11(5-7-12)8-15-9-13-10-16-13/h4-7,13H,8-10H2,1-3H3. The van der Waals surface area contributed by atoms with Crippen LogP contribution in [0.3, 0.4) is 0 Å². The molecule has 1 aliphatic rings. The Hall–Kier alpha value is -0.860. The Morgan fingerprint density at radius 1 is 1.25 bits per heavy atom. The van der Waals surface area contributed by atoms with Crippen molar-refractivity contribution in [1.29, 1.82) is 0 Å². The molecular formula is C14H20O2. The lowest BCUT2D eigenvalue weighted by Crippen LogP contribution is -2.10. The molecule has 1 aromatic rings. The summed E-state index contributed by atoms with van der Waals surface area (Å²) in [5.74, 6) is 0. The first-order valence-corrected chi connectivity index (χ1v) is 5.84. The zero-order valence-electron chi connectivity index (χ0n) is 10.3. The zero-order chi connectivity index (χ0) is 11.6. The van der Waals surface area contributed by atoms with E-state index < -0.39 is 0 Å². The topological polar surface area (TPSA) is 21.8 Å². The summed E-state index contributed by atoms with van der Waals surface area (Å²) >= 11 is 0. The van der Waals surface area contributed by atoms with Crippen LogP contribution in [0.2, 0.25) is 0 Å². The summed E-state index contributed by atoms with van der Waals surface area (Å²) in [4.78, 5) is 0. The second kappa shape index (κ2) is 4.56.